The van der Waals surface area contributed by atoms with E-state index in [1.807, 2.05) is 65.8 Å². The van der Waals surface area contributed by atoms with Crippen molar-refractivity contribution < 1.29 is 28.5 Å². The Morgan fingerprint density at radius 2 is 1.75 bits per heavy atom. The summed E-state index contributed by atoms with van der Waals surface area (Å²) in [5, 5.41) is 0. The summed E-state index contributed by atoms with van der Waals surface area (Å²) in [6.45, 7) is 13.6. The average Bonchev–Trinajstić information content (AvgIpc) is 3.41. The normalized spacial score (nSPS) is 18.8. The van der Waals surface area contributed by atoms with Crippen LogP contribution in [-0.4, -0.2) is 65.0 Å². The summed E-state index contributed by atoms with van der Waals surface area (Å²) in [5.74, 6) is 0.913. The topological polar surface area (TPSA) is 150 Å². The lowest BCUT2D eigenvalue weighted by Crippen LogP contribution is -2.44. The van der Waals surface area contributed by atoms with E-state index < -0.39 is 16.1 Å². The number of nitrogens with zero attached hydrogens (tertiary/aromatic N) is 5. The van der Waals surface area contributed by atoms with Crippen molar-refractivity contribution in [3.8, 4) is 17.1 Å². The molecule has 2 aliphatic rings. The fourth-order valence-electron chi connectivity index (χ4n) is 6.87. The van der Waals surface area contributed by atoms with Gasteiger partial charge in [0.05, 0.1) is 35.1 Å². The highest BCUT2D eigenvalue weighted by Crippen LogP contribution is 2.32. The van der Waals surface area contributed by atoms with Crippen LogP contribution in [0.5, 0.6) is 5.88 Å². The molecule has 0 aliphatic carbocycles. The summed E-state index contributed by atoms with van der Waals surface area (Å²) in [4.78, 5) is 34.8. The fourth-order valence-corrected chi connectivity index (χ4v) is 7.86. The van der Waals surface area contributed by atoms with Crippen molar-refractivity contribution in [2.24, 2.45) is 5.92 Å². The van der Waals surface area contributed by atoms with Gasteiger partial charge in [-0.05, 0) is 74.8 Å². The second-order valence-electron chi connectivity index (χ2n) is 13.7. The highest BCUT2D eigenvalue weighted by atomic mass is 32.2. The van der Waals surface area contributed by atoms with Crippen LogP contribution in [0.25, 0.3) is 22.5 Å². The van der Waals surface area contributed by atoms with Crippen molar-refractivity contribution in [3.05, 3.63) is 88.9 Å². The monoisotopic (exact) mass is 742 g/mol. The van der Waals surface area contributed by atoms with Crippen molar-refractivity contribution in [3.63, 3.8) is 0 Å². The van der Waals surface area contributed by atoms with Gasteiger partial charge in [-0.15, -0.1) is 0 Å². The standard InChI is InChI=1S/C38H42N6O6S.C2H6.H2/c1-23(2)33-18-32-36(50-33)39-20-28(40-32)21-44-29(16-26-10-7-14-48-15-13-26)22-49-34-19-31(35-24(3)8-5-9-25(35)4)41-38(42-34)43-51(46,47)30-12-6-11-27(17-30)37(44)45;1-2;/h5-6,8-9,11-12,17-20,23,26,29H,7,10,13-16,21-22H2,1-4H3,(H,41,42,43);1-2H3;1H/t26?,29-;;/m1../s1. The van der Waals surface area contributed by atoms with Crippen LogP contribution in [0.2, 0.25) is 0 Å². The number of carbonyl (C=O) groups excluding carboxylic acids is 1. The van der Waals surface area contributed by atoms with Crippen LogP contribution in [0, 0.1) is 19.8 Å². The van der Waals surface area contributed by atoms with Crippen LogP contribution >= 0.6 is 0 Å². The minimum Gasteiger partial charge on any atom is -0.475 e. The van der Waals surface area contributed by atoms with Crippen LogP contribution in [0.15, 0.2) is 70.1 Å². The first-order valence-electron chi connectivity index (χ1n) is 18.4. The molecule has 7 rings (SSSR count). The van der Waals surface area contributed by atoms with Crippen LogP contribution in [0.3, 0.4) is 0 Å². The molecule has 3 aromatic heterocycles. The van der Waals surface area contributed by atoms with E-state index in [2.05, 4.69) is 19.7 Å². The van der Waals surface area contributed by atoms with Gasteiger partial charge in [-0.25, -0.2) is 28.1 Å². The van der Waals surface area contributed by atoms with E-state index in [0.29, 0.717) is 42.3 Å². The molecule has 4 bridgehead atoms. The average molecular weight is 743 g/mol. The number of aromatic nitrogens is 4. The predicted molar refractivity (Wildman–Crippen MR) is 205 cm³/mol. The van der Waals surface area contributed by atoms with Crippen LogP contribution in [-0.2, 0) is 21.3 Å². The maximum atomic E-state index is 14.6. The molecule has 0 saturated carbocycles. The molecule has 5 aromatic rings. The van der Waals surface area contributed by atoms with Crippen molar-refractivity contribution in [1.82, 2.24) is 24.8 Å². The number of sulfonamides is 1. The highest BCUT2D eigenvalue weighted by Gasteiger charge is 2.31. The molecule has 2 atom stereocenters. The molecule has 0 spiro atoms. The van der Waals surface area contributed by atoms with E-state index in [1.165, 1.54) is 12.1 Å². The third-order valence-electron chi connectivity index (χ3n) is 9.57. The summed E-state index contributed by atoms with van der Waals surface area (Å²) in [6, 6.07) is 15.1. The highest BCUT2D eigenvalue weighted by molar-refractivity contribution is 7.92. The zero-order chi connectivity index (χ0) is 37.7. The molecular formula is C40H50N6O6S. The number of carbonyl (C=O) groups is 1. The zero-order valence-corrected chi connectivity index (χ0v) is 32.1. The molecule has 1 unspecified atom stereocenters. The predicted octanol–water partition coefficient (Wildman–Crippen LogP) is 8.10. The van der Waals surface area contributed by atoms with Gasteiger partial charge in [-0.2, -0.15) is 4.98 Å². The van der Waals surface area contributed by atoms with E-state index in [1.54, 1.807) is 29.3 Å². The molecule has 13 heteroatoms. The third-order valence-corrected chi connectivity index (χ3v) is 10.9. The number of benzene rings is 2. The number of hydrogen-bond acceptors (Lipinski definition) is 10. The molecule has 12 nitrogen and oxygen atoms in total. The van der Waals surface area contributed by atoms with Gasteiger partial charge in [-0.3, -0.25) is 4.79 Å². The number of aryl methyl sites for hydroxylation is 2. The number of rotatable bonds is 6. The second-order valence-corrected chi connectivity index (χ2v) is 15.4. The van der Waals surface area contributed by atoms with Gasteiger partial charge in [0, 0.05) is 43.8 Å². The Hall–Kier alpha value is -4.88. The maximum absolute atomic E-state index is 14.6. The van der Waals surface area contributed by atoms with Crippen LogP contribution < -0.4 is 9.46 Å². The van der Waals surface area contributed by atoms with Crippen molar-refractivity contribution >= 4 is 33.1 Å². The zero-order valence-electron chi connectivity index (χ0n) is 31.3. The van der Waals surface area contributed by atoms with Crippen molar-refractivity contribution in [2.45, 2.75) is 90.6 Å². The van der Waals surface area contributed by atoms with Gasteiger partial charge in [0.1, 0.15) is 17.9 Å². The van der Waals surface area contributed by atoms with Crippen molar-refractivity contribution in [2.75, 3.05) is 24.5 Å². The first-order chi connectivity index (χ1) is 25.5. The Morgan fingerprint density at radius 3 is 2.53 bits per heavy atom. The first-order valence-corrected chi connectivity index (χ1v) is 19.9. The lowest BCUT2D eigenvalue weighted by molar-refractivity contribution is 0.0532. The van der Waals surface area contributed by atoms with Gasteiger partial charge in [0.2, 0.25) is 17.5 Å². The number of ether oxygens (including phenoxy) is 2. The van der Waals surface area contributed by atoms with Gasteiger partial charge >= 0.3 is 0 Å². The number of hydrogen-bond donors (Lipinski definition) is 1. The Kier molecular flexibility index (Phi) is 11.7. The van der Waals surface area contributed by atoms with E-state index in [9.17, 15) is 13.2 Å². The Morgan fingerprint density at radius 1 is 0.981 bits per heavy atom. The number of furan rings is 1. The maximum Gasteiger partial charge on any atom is 0.264 e. The van der Waals surface area contributed by atoms with Gasteiger partial charge in [0.25, 0.3) is 15.9 Å². The van der Waals surface area contributed by atoms with Crippen LogP contribution in [0.4, 0.5) is 5.95 Å². The van der Waals surface area contributed by atoms with E-state index in [4.69, 9.17) is 18.9 Å². The molecule has 5 heterocycles. The molecule has 1 fully saturated rings. The number of amides is 1. The second kappa shape index (κ2) is 16.4. The quantitative estimate of drug-likeness (QED) is 0.181. The lowest BCUT2D eigenvalue weighted by Gasteiger charge is -2.34. The SMILES string of the molecule is CC.Cc1cccc(C)c1-c1cc2nc(n1)NS(=O)(=O)c1cccc(c1)C(=O)N(Cc1cnc3oc(C(C)C)cc3n1)[C@H](CC1CCCOCC1)CO2.[HH]. The summed E-state index contributed by atoms with van der Waals surface area (Å²) in [7, 11) is -4.20. The van der Waals surface area contributed by atoms with Gasteiger partial charge < -0.3 is 18.8 Å². The Balaban J connectivity index is 0.00000184. The summed E-state index contributed by atoms with van der Waals surface area (Å²) in [5.41, 5.74) is 5.15. The van der Waals surface area contributed by atoms with Crippen LogP contribution in [0.1, 0.15) is 93.7 Å². The molecule has 53 heavy (non-hydrogen) atoms. The molecule has 1 amide bonds. The number of nitrogens with one attached hydrogen (secondary N) is 1. The third kappa shape index (κ3) is 8.68. The summed E-state index contributed by atoms with van der Waals surface area (Å²) >= 11 is 0. The van der Waals surface area contributed by atoms with E-state index in [-0.39, 0.29) is 54.6 Å². The Bertz CT molecular complexity index is 2160. The Labute approximate surface area is 312 Å². The summed E-state index contributed by atoms with van der Waals surface area (Å²) < 4.78 is 48.2. The van der Waals surface area contributed by atoms with E-state index in [0.717, 1.165) is 41.7 Å². The first kappa shape index (κ1) is 37.9. The minimum absolute atomic E-state index is 0. The minimum atomic E-state index is -4.20. The van der Waals surface area contributed by atoms with Gasteiger partial charge in [0.15, 0.2) is 0 Å². The fraction of sp³-hybridized carbons (Fsp3) is 0.425. The molecule has 2 aromatic carbocycles. The lowest BCUT2D eigenvalue weighted by atomic mass is 9.92. The summed E-state index contributed by atoms with van der Waals surface area (Å²) in [6.07, 6.45) is 4.98. The molecule has 0 radical (unpaired) electrons. The number of anilines is 1. The smallest absolute Gasteiger partial charge is 0.264 e. The molecule has 1 saturated heterocycles. The number of fused-ring (bicyclic) bond motifs is 5. The largest absolute Gasteiger partial charge is 0.475 e. The van der Waals surface area contributed by atoms with Crippen molar-refractivity contribution in [1.29, 1.82) is 0 Å². The molecule has 1 N–H and O–H groups in total. The molecule has 282 valence electrons. The molecule has 2 aliphatic heterocycles. The molecular weight excluding hydrogens is 693 g/mol. The van der Waals surface area contributed by atoms with Gasteiger partial charge in [-0.1, -0.05) is 52.0 Å². The van der Waals surface area contributed by atoms with E-state index >= 15 is 0 Å².